The van der Waals surface area contributed by atoms with Gasteiger partial charge in [0.25, 0.3) is 11.8 Å². The molecule has 0 radical (unpaired) electrons. The first-order valence-corrected chi connectivity index (χ1v) is 24.4. The van der Waals surface area contributed by atoms with E-state index in [0.29, 0.717) is 42.6 Å². The normalized spacial score (nSPS) is 10.4. The standard InChI is InChI=1S/C16H14ClNO2.C16H14ClNO.C15H12ClNO2.C15H12ClNO/c1-10(2)11-3-5-12(6-4-11)16(20)18-14-9-13(17)7-8-15(14)19;1-11(2)13-5-3-12(4-6-13)10-18-15-9-14(17)7-8-16(15)19;1-2-10-3-5-11(6-4-10)15(19)17-13-9-12(16)7-8-14(13)18;1-2-11-3-5-12(6-4-11)10-17-14-9-13(16)7-8-15(14)18/h3-9,19H,1H2,2H3,(H,18,20);3-10,19H,1H2,2H3;2-9,18H,1H2,(H,17,19);2-10,18H,1H2. The number of nitrogens with one attached hydrogen (secondary N) is 2. The maximum Gasteiger partial charge on any atom is 0.255 e. The van der Waals surface area contributed by atoms with Crippen molar-refractivity contribution in [2.24, 2.45) is 9.98 Å². The zero-order valence-electron chi connectivity index (χ0n) is 41.3. The Balaban J connectivity index is 0.000000187. The van der Waals surface area contributed by atoms with E-state index in [1.807, 2.05) is 74.5 Å². The largest absolute Gasteiger partial charge is 0.506 e. The molecule has 0 saturated carbocycles. The van der Waals surface area contributed by atoms with Crippen LogP contribution < -0.4 is 10.6 Å². The number of aliphatic imine (C=N–C) groups is 2. The fourth-order valence-electron chi connectivity index (χ4n) is 6.34. The number of allylic oxidation sites excluding steroid dienone is 2. The minimum atomic E-state index is -0.312. The Labute approximate surface area is 462 Å². The van der Waals surface area contributed by atoms with E-state index in [9.17, 15) is 30.0 Å². The van der Waals surface area contributed by atoms with Gasteiger partial charge >= 0.3 is 0 Å². The molecule has 2 amide bonds. The van der Waals surface area contributed by atoms with Crippen LogP contribution in [0.25, 0.3) is 23.3 Å². The van der Waals surface area contributed by atoms with Gasteiger partial charge in [-0.1, -0.05) is 169 Å². The van der Waals surface area contributed by atoms with E-state index in [4.69, 9.17) is 46.4 Å². The predicted octanol–water partition coefficient (Wildman–Crippen LogP) is 17.5. The number of aromatic hydroxyl groups is 4. The number of carbonyl (C=O) groups is 2. The van der Waals surface area contributed by atoms with Crippen LogP contribution in [0.1, 0.15) is 67.9 Å². The third-order valence-electron chi connectivity index (χ3n) is 10.6. The summed E-state index contributed by atoms with van der Waals surface area (Å²) in [6.45, 7) is 18.9. The second kappa shape index (κ2) is 28.7. The van der Waals surface area contributed by atoms with Crippen molar-refractivity contribution in [2.75, 3.05) is 10.6 Å². The van der Waals surface area contributed by atoms with Gasteiger partial charge in [-0.15, -0.1) is 0 Å². The lowest BCUT2D eigenvalue weighted by Gasteiger charge is -2.08. The van der Waals surface area contributed by atoms with Gasteiger partial charge in [-0.05, 0) is 144 Å². The summed E-state index contributed by atoms with van der Waals surface area (Å²) in [5.41, 5.74) is 10.4. The number of hydrogen-bond donors (Lipinski definition) is 6. The quantitative estimate of drug-likeness (QED) is 0.0527. The number of nitrogens with zero attached hydrogens (tertiary/aromatic N) is 2. The Morgan fingerprint density at radius 2 is 0.684 bits per heavy atom. The highest BCUT2D eigenvalue weighted by Gasteiger charge is 2.11. The Morgan fingerprint density at radius 1 is 0.408 bits per heavy atom. The number of benzene rings is 8. The van der Waals surface area contributed by atoms with E-state index in [2.05, 4.69) is 46.9 Å². The zero-order chi connectivity index (χ0) is 55.3. The van der Waals surface area contributed by atoms with Crippen LogP contribution in [-0.4, -0.2) is 44.7 Å². The molecule has 0 saturated heterocycles. The number of anilines is 2. The number of phenolic OH excluding ortho intramolecular Hbond substituents is 4. The molecule has 8 rings (SSSR count). The Hall–Kier alpha value is -8.64. The molecule has 14 heteroatoms. The van der Waals surface area contributed by atoms with Gasteiger partial charge in [-0.2, -0.15) is 0 Å². The molecule has 8 aromatic carbocycles. The van der Waals surface area contributed by atoms with Crippen molar-refractivity contribution in [3.8, 4) is 23.0 Å². The highest BCUT2D eigenvalue weighted by Crippen LogP contribution is 2.31. The van der Waals surface area contributed by atoms with Crippen molar-refractivity contribution < 1.29 is 30.0 Å². The molecule has 0 bridgehead atoms. The third kappa shape index (κ3) is 18.4. The summed E-state index contributed by atoms with van der Waals surface area (Å²) in [5.74, 6) is -0.455. The van der Waals surface area contributed by atoms with Crippen LogP contribution in [-0.2, 0) is 0 Å². The molecule has 0 atom stereocenters. The molecule has 0 spiro atoms. The molecular weight excluding hydrogens is 1040 g/mol. The number of hydrogen-bond acceptors (Lipinski definition) is 8. The van der Waals surface area contributed by atoms with E-state index < -0.39 is 0 Å². The van der Waals surface area contributed by atoms with Crippen LogP contribution >= 0.6 is 46.4 Å². The van der Waals surface area contributed by atoms with Gasteiger partial charge in [-0.3, -0.25) is 19.6 Å². The lowest BCUT2D eigenvalue weighted by molar-refractivity contribution is 0.101. The van der Waals surface area contributed by atoms with Gasteiger partial charge in [0.1, 0.15) is 34.4 Å². The lowest BCUT2D eigenvalue weighted by Crippen LogP contribution is -2.11. The fourth-order valence-corrected chi connectivity index (χ4v) is 7.02. The number of rotatable bonds is 12. The number of amides is 2. The molecule has 0 aliphatic carbocycles. The third-order valence-corrected chi connectivity index (χ3v) is 11.6. The summed E-state index contributed by atoms with van der Waals surface area (Å²) >= 11 is 23.3. The topological polar surface area (TPSA) is 164 Å². The second-order valence-corrected chi connectivity index (χ2v) is 18.2. The molecule has 0 heterocycles. The second-order valence-electron chi connectivity index (χ2n) is 16.5. The minimum Gasteiger partial charge on any atom is -0.506 e. The highest BCUT2D eigenvalue weighted by atomic mass is 35.5. The van der Waals surface area contributed by atoms with Crippen LogP contribution in [0.3, 0.4) is 0 Å². The summed E-state index contributed by atoms with van der Waals surface area (Å²) in [6.07, 6.45) is 6.85. The molecule has 0 aromatic heterocycles. The molecule has 0 aliphatic heterocycles. The molecule has 8 aromatic rings. The highest BCUT2D eigenvalue weighted by molar-refractivity contribution is 6.32. The Morgan fingerprint density at radius 3 is 1.04 bits per heavy atom. The number of carbonyl (C=O) groups excluding carboxylic acids is 2. The van der Waals surface area contributed by atoms with E-state index in [1.165, 1.54) is 36.4 Å². The van der Waals surface area contributed by atoms with E-state index in [0.717, 1.165) is 44.5 Å². The molecule has 0 aliphatic rings. The Kier molecular flexibility index (Phi) is 22.0. The van der Waals surface area contributed by atoms with E-state index in [1.54, 1.807) is 97.4 Å². The fraction of sp³-hybridized carbons (Fsp3) is 0.0323. The summed E-state index contributed by atoms with van der Waals surface area (Å²) in [7, 11) is 0. The van der Waals surface area contributed by atoms with Crippen LogP contribution in [0.2, 0.25) is 20.1 Å². The molecule has 76 heavy (non-hydrogen) atoms. The Bertz CT molecular complexity index is 3410. The van der Waals surface area contributed by atoms with Gasteiger partial charge in [0, 0.05) is 43.6 Å². The first-order chi connectivity index (χ1) is 36.3. The SMILES string of the molecule is C=C(C)c1ccc(C(=O)Nc2cc(Cl)ccc2O)cc1.C=C(C)c1ccc(C=Nc2cc(Cl)ccc2O)cc1.C=Cc1ccc(C(=O)Nc2cc(Cl)ccc2O)cc1.C=Cc1ccc(C=Nc2cc(Cl)ccc2O)cc1. The van der Waals surface area contributed by atoms with Crippen molar-refractivity contribution in [3.63, 3.8) is 0 Å². The van der Waals surface area contributed by atoms with Crippen LogP contribution in [0.15, 0.2) is 206 Å². The first kappa shape index (κ1) is 58.3. The monoisotopic (exact) mass is 1090 g/mol. The van der Waals surface area contributed by atoms with E-state index >= 15 is 0 Å². The summed E-state index contributed by atoms with van der Waals surface area (Å²) in [6, 6.07) is 48.2. The van der Waals surface area contributed by atoms with Gasteiger partial charge in [-0.25, -0.2) is 0 Å². The minimum absolute atomic E-state index is 0.0266. The van der Waals surface area contributed by atoms with Gasteiger partial charge in [0.2, 0.25) is 0 Å². The van der Waals surface area contributed by atoms with Crippen molar-refractivity contribution >= 4 is 117 Å². The smallest absolute Gasteiger partial charge is 0.255 e. The van der Waals surface area contributed by atoms with Crippen LogP contribution in [0.5, 0.6) is 23.0 Å². The van der Waals surface area contributed by atoms with Gasteiger partial charge in [0.15, 0.2) is 0 Å². The zero-order valence-corrected chi connectivity index (χ0v) is 44.3. The van der Waals surface area contributed by atoms with E-state index in [-0.39, 0.29) is 46.2 Å². The molecule has 384 valence electrons. The molecule has 0 unspecified atom stereocenters. The average Bonchev–Trinajstić information content (AvgIpc) is 3.42. The predicted molar refractivity (Wildman–Crippen MR) is 318 cm³/mol. The van der Waals surface area contributed by atoms with Gasteiger partial charge in [0.05, 0.1) is 11.4 Å². The first-order valence-electron chi connectivity index (χ1n) is 22.9. The lowest BCUT2D eigenvalue weighted by atomic mass is 10.1. The number of halogens is 4. The maximum absolute atomic E-state index is 12.1. The van der Waals surface area contributed by atoms with Crippen LogP contribution in [0, 0.1) is 0 Å². The van der Waals surface area contributed by atoms with Crippen molar-refractivity contribution in [1.82, 2.24) is 0 Å². The van der Waals surface area contributed by atoms with Crippen molar-refractivity contribution in [1.29, 1.82) is 0 Å². The molecule has 0 fully saturated rings. The summed E-state index contributed by atoms with van der Waals surface area (Å²) in [5, 5.41) is 45.7. The molecule has 6 N–H and O–H groups in total. The molecule has 10 nitrogen and oxygen atoms in total. The maximum atomic E-state index is 12.1. The molecular formula is C62H52Cl4N4O6. The summed E-state index contributed by atoms with van der Waals surface area (Å²) in [4.78, 5) is 32.5. The van der Waals surface area contributed by atoms with Crippen molar-refractivity contribution in [2.45, 2.75) is 13.8 Å². The van der Waals surface area contributed by atoms with Crippen LogP contribution in [0.4, 0.5) is 22.7 Å². The van der Waals surface area contributed by atoms with Gasteiger partial charge < -0.3 is 31.1 Å². The average molecular weight is 1090 g/mol. The summed E-state index contributed by atoms with van der Waals surface area (Å²) < 4.78 is 0. The number of phenols is 4. The van der Waals surface area contributed by atoms with Crippen molar-refractivity contribution in [3.05, 3.63) is 261 Å².